The number of benzene rings is 2. The van der Waals surface area contributed by atoms with Crippen LogP contribution in [-0.4, -0.2) is 34.0 Å². The van der Waals surface area contributed by atoms with Crippen molar-refractivity contribution in [3.63, 3.8) is 0 Å². The van der Waals surface area contributed by atoms with Gasteiger partial charge in [-0.25, -0.2) is 0 Å². The topological polar surface area (TPSA) is 68.5 Å². The fraction of sp³-hybridized carbons (Fsp3) is 0.348. The van der Waals surface area contributed by atoms with Crippen molar-refractivity contribution in [1.29, 1.82) is 0 Å². The molecule has 2 heterocycles. The minimum absolute atomic E-state index is 0.143. The monoisotopic (exact) mass is 391 g/mol. The summed E-state index contributed by atoms with van der Waals surface area (Å²) in [5, 5.41) is 4.06. The van der Waals surface area contributed by atoms with Crippen molar-refractivity contribution < 1.29 is 14.1 Å². The van der Waals surface area contributed by atoms with Crippen LogP contribution in [-0.2, 0) is 17.8 Å². The SMILES string of the molecule is Cc1ccc(OCc2nc(C3CN(C(=O)CCCc4ccccc4)C3)no2)cc1. The molecule has 29 heavy (non-hydrogen) atoms. The van der Waals surface area contributed by atoms with Gasteiger partial charge in [-0.1, -0.05) is 53.2 Å². The summed E-state index contributed by atoms with van der Waals surface area (Å²) < 4.78 is 11.0. The van der Waals surface area contributed by atoms with E-state index in [9.17, 15) is 4.79 Å². The van der Waals surface area contributed by atoms with Crippen molar-refractivity contribution in [2.75, 3.05) is 13.1 Å². The Balaban J connectivity index is 1.18. The fourth-order valence-electron chi connectivity index (χ4n) is 3.36. The molecule has 3 aromatic rings. The lowest BCUT2D eigenvalue weighted by Gasteiger charge is -2.37. The van der Waals surface area contributed by atoms with Crippen LogP contribution in [0.25, 0.3) is 0 Å². The summed E-state index contributed by atoms with van der Waals surface area (Å²) >= 11 is 0. The Hall–Kier alpha value is -3.15. The first-order valence-electron chi connectivity index (χ1n) is 10.0. The molecule has 0 saturated carbocycles. The maximum atomic E-state index is 12.3. The van der Waals surface area contributed by atoms with Crippen molar-refractivity contribution in [1.82, 2.24) is 15.0 Å². The summed E-state index contributed by atoms with van der Waals surface area (Å²) in [5.74, 6) is 2.22. The van der Waals surface area contributed by atoms with Gasteiger partial charge in [0.2, 0.25) is 5.91 Å². The van der Waals surface area contributed by atoms with Crippen LogP contribution in [0.4, 0.5) is 0 Å². The largest absolute Gasteiger partial charge is 0.484 e. The third kappa shape index (κ3) is 5.02. The first kappa shape index (κ1) is 19.2. The third-order valence-corrected chi connectivity index (χ3v) is 5.17. The first-order chi connectivity index (χ1) is 14.2. The Morgan fingerprint density at radius 3 is 2.66 bits per heavy atom. The van der Waals surface area contributed by atoms with E-state index in [1.807, 2.05) is 54.3 Å². The van der Waals surface area contributed by atoms with Gasteiger partial charge in [-0.2, -0.15) is 4.98 Å². The number of rotatable bonds is 8. The van der Waals surface area contributed by atoms with E-state index >= 15 is 0 Å². The molecule has 2 aromatic carbocycles. The number of aryl methyl sites for hydroxylation is 2. The molecule has 4 rings (SSSR count). The highest BCUT2D eigenvalue weighted by Gasteiger charge is 2.34. The smallest absolute Gasteiger partial charge is 0.264 e. The summed E-state index contributed by atoms with van der Waals surface area (Å²) in [7, 11) is 0. The fourth-order valence-corrected chi connectivity index (χ4v) is 3.36. The molecule has 0 unspecified atom stereocenters. The summed E-state index contributed by atoms with van der Waals surface area (Å²) in [6.07, 6.45) is 2.37. The number of hydrogen-bond donors (Lipinski definition) is 0. The molecule has 1 aliphatic heterocycles. The molecule has 1 amide bonds. The highest BCUT2D eigenvalue weighted by Crippen LogP contribution is 2.26. The molecule has 0 aliphatic carbocycles. The highest BCUT2D eigenvalue weighted by molar-refractivity contribution is 5.77. The van der Waals surface area contributed by atoms with E-state index in [1.54, 1.807) is 0 Å². The molecule has 0 radical (unpaired) electrons. The van der Waals surface area contributed by atoms with Crippen molar-refractivity contribution >= 4 is 5.91 Å². The van der Waals surface area contributed by atoms with E-state index in [-0.39, 0.29) is 18.4 Å². The highest BCUT2D eigenvalue weighted by atomic mass is 16.5. The minimum Gasteiger partial charge on any atom is -0.484 e. The van der Waals surface area contributed by atoms with Crippen LogP contribution in [0.3, 0.4) is 0 Å². The molecule has 0 N–H and O–H groups in total. The van der Waals surface area contributed by atoms with Crippen molar-refractivity contribution in [3.8, 4) is 5.75 Å². The molecule has 1 aliphatic rings. The molecule has 1 saturated heterocycles. The van der Waals surface area contributed by atoms with Crippen molar-refractivity contribution in [2.24, 2.45) is 0 Å². The Morgan fingerprint density at radius 1 is 1.14 bits per heavy atom. The Morgan fingerprint density at radius 2 is 1.90 bits per heavy atom. The second kappa shape index (κ2) is 8.90. The van der Waals surface area contributed by atoms with E-state index in [0.717, 1.165) is 18.6 Å². The number of carbonyl (C=O) groups excluding carboxylic acids is 1. The van der Waals surface area contributed by atoms with Crippen molar-refractivity contribution in [3.05, 3.63) is 77.4 Å². The zero-order chi connectivity index (χ0) is 20.1. The van der Waals surface area contributed by atoms with E-state index in [0.29, 0.717) is 31.2 Å². The van der Waals surface area contributed by atoms with Gasteiger partial charge in [-0.3, -0.25) is 4.79 Å². The lowest BCUT2D eigenvalue weighted by molar-refractivity contribution is -0.135. The van der Waals surface area contributed by atoms with Gasteiger partial charge in [0.05, 0.1) is 5.92 Å². The zero-order valence-electron chi connectivity index (χ0n) is 16.6. The maximum absolute atomic E-state index is 12.3. The molecule has 0 atom stereocenters. The molecule has 0 spiro atoms. The molecular formula is C23H25N3O3. The second-order valence-electron chi connectivity index (χ2n) is 7.48. The molecular weight excluding hydrogens is 366 g/mol. The van der Waals surface area contributed by atoms with Crippen LogP contribution in [0.15, 0.2) is 59.1 Å². The third-order valence-electron chi connectivity index (χ3n) is 5.17. The van der Waals surface area contributed by atoms with Crippen LogP contribution < -0.4 is 4.74 Å². The van der Waals surface area contributed by atoms with E-state index in [1.165, 1.54) is 11.1 Å². The first-order valence-corrected chi connectivity index (χ1v) is 10.0. The van der Waals surface area contributed by atoms with Gasteiger partial charge in [0.25, 0.3) is 5.89 Å². The van der Waals surface area contributed by atoms with Crippen LogP contribution in [0.2, 0.25) is 0 Å². The number of ether oxygens (including phenoxy) is 1. The Kier molecular flexibility index (Phi) is 5.89. The van der Waals surface area contributed by atoms with Gasteiger partial charge >= 0.3 is 0 Å². The van der Waals surface area contributed by atoms with Crippen LogP contribution in [0, 0.1) is 6.92 Å². The summed E-state index contributed by atoms with van der Waals surface area (Å²) in [4.78, 5) is 18.6. The van der Waals surface area contributed by atoms with E-state index in [4.69, 9.17) is 9.26 Å². The van der Waals surface area contributed by atoms with Crippen LogP contribution in [0.1, 0.15) is 41.6 Å². The predicted molar refractivity (Wildman–Crippen MR) is 109 cm³/mol. The minimum atomic E-state index is 0.143. The van der Waals surface area contributed by atoms with Gasteiger partial charge in [-0.15, -0.1) is 0 Å². The average Bonchev–Trinajstić information content (AvgIpc) is 3.16. The van der Waals surface area contributed by atoms with Crippen LogP contribution >= 0.6 is 0 Å². The predicted octanol–water partition coefficient (Wildman–Crippen LogP) is 3.91. The molecule has 6 nitrogen and oxygen atoms in total. The number of nitrogens with zero attached hydrogens (tertiary/aromatic N) is 3. The van der Waals surface area contributed by atoms with Gasteiger partial charge < -0.3 is 14.2 Å². The summed E-state index contributed by atoms with van der Waals surface area (Å²) in [6.45, 7) is 3.58. The normalized spacial score (nSPS) is 13.9. The van der Waals surface area contributed by atoms with E-state index in [2.05, 4.69) is 22.3 Å². The molecule has 6 heteroatoms. The molecule has 1 fully saturated rings. The number of carbonyl (C=O) groups is 1. The Labute approximate surface area is 170 Å². The molecule has 0 bridgehead atoms. The van der Waals surface area contributed by atoms with Gasteiger partial charge in [0.1, 0.15) is 5.75 Å². The summed E-state index contributed by atoms with van der Waals surface area (Å²) in [5.41, 5.74) is 2.45. The van der Waals surface area contributed by atoms with Gasteiger partial charge in [0.15, 0.2) is 12.4 Å². The van der Waals surface area contributed by atoms with Gasteiger partial charge in [-0.05, 0) is 37.5 Å². The summed E-state index contributed by atoms with van der Waals surface area (Å²) in [6, 6.07) is 18.1. The Bertz CT molecular complexity index is 932. The standard InChI is InChI=1S/C23H25N3O3/c1-17-10-12-20(13-11-17)28-16-21-24-23(25-29-21)19-14-26(15-19)22(27)9-5-8-18-6-3-2-4-7-18/h2-4,6-7,10-13,19H,5,8-9,14-16H2,1H3. The van der Waals surface area contributed by atoms with Crippen LogP contribution in [0.5, 0.6) is 5.75 Å². The average molecular weight is 391 g/mol. The quantitative estimate of drug-likeness (QED) is 0.582. The lowest BCUT2D eigenvalue weighted by Crippen LogP contribution is -2.48. The van der Waals surface area contributed by atoms with Crippen molar-refractivity contribution in [2.45, 2.75) is 38.7 Å². The maximum Gasteiger partial charge on any atom is 0.264 e. The molecule has 150 valence electrons. The number of hydrogen-bond acceptors (Lipinski definition) is 5. The molecule has 1 aromatic heterocycles. The number of aromatic nitrogens is 2. The second-order valence-corrected chi connectivity index (χ2v) is 7.48. The lowest BCUT2D eigenvalue weighted by atomic mass is 9.98. The van der Waals surface area contributed by atoms with Gasteiger partial charge in [0, 0.05) is 19.5 Å². The zero-order valence-corrected chi connectivity index (χ0v) is 16.6. The number of amides is 1. The number of likely N-dealkylation sites (tertiary alicyclic amines) is 1. The van der Waals surface area contributed by atoms with E-state index < -0.39 is 0 Å².